The summed E-state index contributed by atoms with van der Waals surface area (Å²) in [5, 5.41) is 1.16. The number of likely N-dealkylation sites (tertiary alicyclic amines) is 1. The quantitative estimate of drug-likeness (QED) is 0.524. The summed E-state index contributed by atoms with van der Waals surface area (Å²) in [6.45, 7) is 5.26. The van der Waals surface area contributed by atoms with Crippen molar-refractivity contribution in [1.82, 2.24) is 14.5 Å². The third-order valence-corrected chi connectivity index (χ3v) is 6.09. The van der Waals surface area contributed by atoms with E-state index in [0.29, 0.717) is 37.6 Å². The second-order valence-corrected chi connectivity index (χ2v) is 8.41. The van der Waals surface area contributed by atoms with Crippen LogP contribution in [0.5, 0.6) is 0 Å². The Labute approximate surface area is 174 Å². The molecule has 0 saturated carbocycles. The van der Waals surface area contributed by atoms with Gasteiger partial charge >= 0.3 is 5.97 Å². The molecule has 1 aliphatic heterocycles. The maximum Gasteiger partial charge on any atom is 0.309 e. The van der Waals surface area contributed by atoms with Crippen LogP contribution >= 0.6 is 23.4 Å². The lowest BCUT2D eigenvalue weighted by molar-refractivity contribution is -0.151. The average molecular weight is 422 g/mol. The van der Waals surface area contributed by atoms with Crippen molar-refractivity contribution in [3.05, 3.63) is 41.7 Å². The Kier molecular flexibility index (Phi) is 7.02. The van der Waals surface area contributed by atoms with E-state index in [9.17, 15) is 9.59 Å². The van der Waals surface area contributed by atoms with Gasteiger partial charge in [-0.25, -0.2) is 4.98 Å². The molecule has 1 fully saturated rings. The summed E-state index contributed by atoms with van der Waals surface area (Å²) in [4.78, 5) is 31.0. The summed E-state index contributed by atoms with van der Waals surface area (Å²) >= 11 is 7.39. The average Bonchev–Trinajstić information content (AvgIpc) is 3.16. The van der Waals surface area contributed by atoms with E-state index in [0.717, 1.165) is 10.8 Å². The number of ether oxygens (including phenoxy) is 1. The maximum atomic E-state index is 12.9. The molecule has 1 atom stereocenters. The number of hydrogen-bond acceptors (Lipinski definition) is 5. The van der Waals surface area contributed by atoms with Crippen LogP contribution in [0.1, 0.15) is 26.7 Å². The minimum Gasteiger partial charge on any atom is -0.466 e. The van der Waals surface area contributed by atoms with E-state index in [1.54, 1.807) is 6.20 Å². The van der Waals surface area contributed by atoms with Crippen LogP contribution in [0.3, 0.4) is 0 Å². The minimum atomic E-state index is -0.271. The van der Waals surface area contributed by atoms with Crippen molar-refractivity contribution in [2.24, 2.45) is 5.92 Å². The molecule has 1 aliphatic rings. The maximum absolute atomic E-state index is 12.9. The first-order chi connectivity index (χ1) is 13.5. The van der Waals surface area contributed by atoms with E-state index >= 15 is 0 Å². The highest BCUT2D eigenvalue weighted by Crippen LogP contribution is 2.28. The fraction of sp³-hybridized carbons (Fsp3) is 0.450. The van der Waals surface area contributed by atoms with Crippen LogP contribution in [-0.2, 0) is 14.3 Å². The molecule has 6 nitrogen and oxygen atoms in total. The van der Waals surface area contributed by atoms with Gasteiger partial charge in [-0.15, -0.1) is 0 Å². The van der Waals surface area contributed by atoms with E-state index in [4.69, 9.17) is 16.3 Å². The van der Waals surface area contributed by atoms with Gasteiger partial charge in [0, 0.05) is 36.2 Å². The Balaban J connectivity index is 1.59. The number of halogens is 1. The number of thioether (sulfide) groups is 1. The van der Waals surface area contributed by atoms with Crippen molar-refractivity contribution in [1.29, 1.82) is 0 Å². The lowest BCUT2D eigenvalue weighted by Crippen LogP contribution is -2.43. The van der Waals surface area contributed by atoms with E-state index in [-0.39, 0.29) is 23.0 Å². The van der Waals surface area contributed by atoms with Crippen molar-refractivity contribution >= 4 is 35.2 Å². The molecule has 150 valence electrons. The Morgan fingerprint density at radius 1 is 1.29 bits per heavy atom. The van der Waals surface area contributed by atoms with Gasteiger partial charge in [0.05, 0.1) is 17.8 Å². The third-order valence-electron chi connectivity index (χ3n) is 4.77. The van der Waals surface area contributed by atoms with E-state index in [1.807, 2.05) is 53.8 Å². The second kappa shape index (κ2) is 9.47. The molecule has 28 heavy (non-hydrogen) atoms. The lowest BCUT2D eigenvalue weighted by Gasteiger charge is -2.32. The molecular formula is C20H24ClN3O3S. The molecule has 0 aliphatic carbocycles. The summed E-state index contributed by atoms with van der Waals surface area (Å²) < 4.78 is 7.03. The van der Waals surface area contributed by atoms with Crippen LogP contribution in [0, 0.1) is 5.92 Å². The van der Waals surface area contributed by atoms with Gasteiger partial charge in [-0.1, -0.05) is 23.4 Å². The molecule has 0 N–H and O–H groups in total. The fourth-order valence-corrected chi connectivity index (χ4v) is 4.33. The molecule has 2 heterocycles. The standard InChI is InChI=1S/C20H24ClN3O3S/c1-3-27-19(26)15-8-11-23(12-9-15)18(25)14(2)28-20-22-10-13-24(20)17-6-4-16(21)5-7-17/h4-7,10,13-15H,3,8-9,11-12H2,1-2H3. The number of piperidine rings is 1. The smallest absolute Gasteiger partial charge is 0.309 e. The molecule has 1 amide bonds. The molecule has 0 radical (unpaired) electrons. The highest BCUT2D eigenvalue weighted by atomic mass is 35.5. The van der Waals surface area contributed by atoms with E-state index in [1.165, 1.54) is 11.8 Å². The van der Waals surface area contributed by atoms with Crippen LogP contribution in [0.15, 0.2) is 41.8 Å². The first kappa shape index (κ1) is 20.7. The summed E-state index contributed by atoms with van der Waals surface area (Å²) in [6, 6.07) is 7.49. The topological polar surface area (TPSA) is 64.4 Å². The van der Waals surface area contributed by atoms with Gasteiger partial charge in [0.1, 0.15) is 0 Å². The van der Waals surface area contributed by atoms with Crippen LogP contribution in [-0.4, -0.2) is 51.3 Å². The molecule has 2 aromatic rings. The van der Waals surface area contributed by atoms with E-state index < -0.39 is 0 Å². The molecule has 1 saturated heterocycles. The highest BCUT2D eigenvalue weighted by Gasteiger charge is 2.30. The first-order valence-corrected chi connectivity index (χ1v) is 10.7. The number of nitrogens with zero attached hydrogens (tertiary/aromatic N) is 3. The number of esters is 1. The number of hydrogen-bond donors (Lipinski definition) is 0. The molecule has 8 heteroatoms. The number of benzene rings is 1. The monoisotopic (exact) mass is 421 g/mol. The predicted octanol–water partition coefficient (Wildman–Crippen LogP) is 3.81. The SMILES string of the molecule is CCOC(=O)C1CCN(C(=O)C(C)Sc2nccn2-c2ccc(Cl)cc2)CC1. The van der Waals surface area contributed by atoms with Crippen molar-refractivity contribution in [2.45, 2.75) is 37.1 Å². The van der Waals surface area contributed by atoms with Gasteiger partial charge in [0.2, 0.25) is 5.91 Å². The zero-order valence-electron chi connectivity index (χ0n) is 16.0. The molecule has 0 bridgehead atoms. The van der Waals surface area contributed by atoms with Crippen molar-refractivity contribution in [2.75, 3.05) is 19.7 Å². The Morgan fingerprint density at radius 3 is 2.61 bits per heavy atom. The number of carbonyl (C=O) groups excluding carboxylic acids is 2. The number of carbonyl (C=O) groups is 2. The van der Waals surface area contributed by atoms with E-state index in [2.05, 4.69) is 4.98 Å². The molecule has 0 spiro atoms. The lowest BCUT2D eigenvalue weighted by atomic mass is 9.97. The number of amides is 1. The van der Waals surface area contributed by atoms with Crippen molar-refractivity contribution in [3.8, 4) is 5.69 Å². The molecule has 1 aromatic carbocycles. The number of aromatic nitrogens is 2. The van der Waals surface area contributed by atoms with Crippen LogP contribution < -0.4 is 0 Å². The fourth-order valence-electron chi connectivity index (χ4n) is 3.24. The Morgan fingerprint density at radius 2 is 1.96 bits per heavy atom. The third kappa shape index (κ3) is 4.89. The largest absolute Gasteiger partial charge is 0.466 e. The van der Waals surface area contributed by atoms with Gasteiger partial charge in [-0.05, 0) is 51.0 Å². The minimum absolute atomic E-state index is 0.0676. The van der Waals surface area contributed by atoms with Gasteiger partial charge in [0.15, 0.2) is 5.16 Å². The van der Waals surface area contributed by atoms with Gasteiger partial charge in [-0.3, -0.25) is 14.2 Å². The number of imidazole rings is 1. The van der Waals surface area contributed by atoms with Crippen LogP contribution in [0.4, 0.5) is 0 Å². The summed E-state index contributed by atoms with van der Waals surface area (Å²) in [7, 11) is 0. The highest BCUT2D eigenvalue weighted by molar-refractivity contribution is 8.00. The zero-order chi connectivity index (χ0) is 20.1. The van der Waals surface area contributed by atoms with Crippen LogP contribution in [0.25, 0.3) is 5.69 Å². The van der Waals surface area contributed by atoms with Crippen LogP contribution in [0.2, 0.25) is 5.02 Å². The summed E-state index contributed by atoms with van der Waals surface area (Å²) in [5.41, 5.74) is 0.944. The van der Waals surface area contributed by atoms with Gasteiger partial charge < -0.3 is 9.64 Å². The van der Waals surface area contributed by atoms with Crippen molar-refractivity contribution < 1.29 is 14.3 Å². The first-order valence-electron chi connectivity index (χ1n) is 9.41. The summed E-state index contributed by atoms with van der Waals surface area (Å²) in [6.07, 6.45) is 4.90. The zero-order valence-corrected chi connectivity index (χ0v) is 17.6. The Hall–Kier alpha value is -1.99. The molecule has 1 unspecified atom stereocenters. The molecule has 3 rings (SSSR count). The van der Waals surface area contributed by atoms with Gasteiger partial charge in [0.25, 0.3) is 0 Å². The second-order valence-electron chi connectivity index (χ2n) is 6.67. The van der Waals surface area contributed by atoms with Crippen molar-refractivity contribution in [3.63, 3.8) is 0 Å². The molecular weight excluding hydrogens is 398 g/mol. The predicted molar refractivity (Wildman–Crippen MR) is 110 cm³/mol. The summed E-state index contributed by atoms with van der Waals surface area (Å²) in [5.74, 6) is -0.184. The molecule has 1 aromatic heterocycles. The normalized spacial score (nSPS) is 16.0. The number of rotatable bonds is 6. The van der Waals surface area contributed by atoms with Gasteiger partial charge in [-0.2, -0.15) is 0 Å². The Bertz CT molecular complexity index is 816.